The standard InChI is InChI=1S/C15H23N3O7/c1-3-8(4-2)14(22)25-17-10-5-6-18(15(23)16-10)13-12(21)11(20)9(7-19)24-13/h5-6,8-9,11-13,19-21H,3-4,7H2,1-2H3,(H,16,17,23)/t9-,11-,12-,13-/m1/s1. The Bertz CT molecular complexity index is 646. The first-order chi connectivity index (χ1) is 11.9. The summed E-state index contributed by atoms with van der Waals surface area (Å²) in [6.45, 7) is 3.24. The molecule has 140 valence electrons. The van der Waals surface area contributed by atoms with Crippen molar-refractivity contribution in [1.82, 2.24) is 9.55 Å². The van der Waals surface area contributed by atoms with Crippen LogP contribution in [-0.2, 0) is 14.4 Å². The molecular formula is C15H23N3O7. The Balaban J connectivity index is 2.06. The van der Waals surface area contributed by atoms with Gasteiger partial charge in [0.25, 0.3) is 0 Å². The third kappa shape index (κ3) is 4.15. The number of nitrogens with zero attached hydrogens (tertiary/aromatic N) is 2. The third-order valence-corrected chi connectivity index (χ3v) is 4.20. The second-order valence-corrected chi connectivity index (χ2v) is 5.77. The first-order valence-corrected chi connectivity index (χ1v) is 8.11. The zero-order valence-corrected chi connectivity index (χ0v) is 14.0. The Kier molecular flexibility index (Phi) is 6.48. The van der Waals surface area contributed by atoms with Crippen LogP contribution < -0.4 is 11.2 Å². The molecule has 1 aromatic heterocycles. The van der Waals surface area contributed by atoms with Crippen LogP contribution in [-0.4, -0.2) is 55.8 Å². The lowest BCUT2D eigenvalue weighted by Crippen LogP contribution is -2.36. The topological polar surface area (TPSA) is 143 Å². The van der Waals surface area contributed by atoms with Crippen LogP contribution in [0.15, 0.2) is 17.1 Å². The average molecular weight is 357 g/mol. The maximum absolute atomic E-state index is 12.1. The van der Waals surface area contributed by atoms with Crippen LogP contribution in [0.1, 0.15) is 32.9 Å². The second-order valence-electron chi connectivity index (χ2n) is 5.77. The van der Waals surface area contributed by atoms with Gasteiger partial charge >= 0.3 is 11.7 Å². The summed E-state index contributed by atoms with van der Waals surface area (Å²) in [5.74, 6) is -0.668. The Hall–Kier alpha value is -2.01. The van der Waals surface area contributed by atoms with E-state index >= 15 is 0 Å². The van der Waals surface area contributed by atoms with Gasteiger partial charge in [-0.3, -0.25) is 4.57 Å². The van der Waals surface area contributed by atoms with Crippen molar-refractivity contribution in [2.75, 3.05) is 12.1 Å². The van der Waals surface area contributed by atoms with Crippen molar-refractivity contribution in [1.29, 1.82) is 0 Å². The average Bonchev–Trinajstić information content (AvgIpc) is 2.89. The first-order valence-electron chi connectivity index (χ1n) is 8.11. The zero-order valence-electron chi connectivity index (χ0n) is 14.0. The Morgan fingerprint density at radius 2 is 2.08 bits per heavy atom. The molecule has 2 rings (SSSR count). The summed E-state index contributed by atoms with van der Waals surface area (Å²) in [7, 11) is 0. The maximum atomic E-state index is 12.1. The fraction of sp³-hybridized carbons (Fsp3) is 0.667. The van der Waals surface area contributed by atoms with E-state index in [1.807, 2.05) is 13.8 Å². The fourth-order valence-corrected chi connectivity index (χ4v) is 2.58. The summed E-state index contributed by atoms with van der Waals surface area (Å²) < 4.78 is 6.25. The summed E-state index contributed by atoms with van der Waals surface area (Å²) in [4.78, 5) is 32.5. The number of rotatable bonds is 7. The molecule has 2 heterocycles. The number of aliphatic hydroxyl groups is 3. The highest BCUT2D eigenvalue weighted by Gasteiger charge is 2.43. The van der Waals surface area contributed by atoms with E-state index in [0.717, 1.165) is 4.57 Å². The predicted molar refractivity (Wildman–Crippen MR) is 85.3 cm³/mol. The van der Waals surface area contributed by atoms with Crippen molar-refractivity contribution in [2.45, 2.75) is 51.2 Å². The SMILES string of the molecule is CCC(CC)C(=O)ONc1ccn([C@@H]2O[C@H](CO)[C@@H](O)[C@H]2O)c(=O)n1. The number of nitrogens with one attached hydrogen (secondary N) is 1. The van der Waals surface area contributed by atoms with E-state index in [1.165, 1.54) is 12.3 Å². The van der Waals surface area contributed by atoms with Crippen LogP contribution in [0.4, 0.5) is 5.82 Å². The quantitative estimate of drug-likeness (QED) is 0.459. The summed E-state index contributed by atoms with van der Waals surface area (Å²) in [5, 5.41) is 28.8. The molecule has 0 aromatic carbocycles. The van der Waals surface area contributed by atoms with Crippen LogP contribution in [0, 0.1) is 5.92 Å². The van der Waals surface area contributed by atoms with Crippen LogP contribution in [0.25, 0.3) is 0 Å². The summed E-state index contributed by atoms with van der Waals surface area (Å²) in [6.07, 6.45) is -2.32. The molecule has 1 aliphatic heterocycles. The molecule has 0 saturated carbocycles. The number of carbonyl (C=O) groups is 1. The molecule has 4 atom stereocenters. The Morgan fingerprint density at radius 3 is 2.60 bits per heavy atom. The van der Waals surface area contributed by atoms with E-state index in [2.05, 4.69) is 10.5 Å². The molecule has 25 heavy (non-hydrogen) atoms. The van der Waals surface area contributed by atoms with Crippen LogP contribution >= 0.6 is 0 Å². The molecule has 1 aromatic rings. The number of hydrogen-bond donors (Lipinski definition) is 4. The van der Waals surface area contributed by atoms with Crippen molar-refractivity contribution in [3.05, 3.63) is 22.7 Å². The number of aromatic nitrogens is 2. The van der Waals surface area contributed by atoms with Crippen molar-refractivity contribution < 1.29 is 29.7 Å². The molecule has 1 saturated heterocycles. The minimum Gasteiger partial charge on any atom is -0.394 e. The van der Waals surface area contributed by atoms with Gasteiger partial charge in [-0.2, -0.15) is 4.98 Å². The summed E-state index contributed by atoms with van der Waals surface area (Å²) in [6, 6.07) is 1.36. The smallest absolute Gasteiger partial charge is 0.351 e. The molecule has 0 radical (unpaired) electrons. The molecule has 0 bridgehead atoms. The van der Waals surface area contributed by atoms with Gasteiger partial charge < -0.3 is 24.9 Å². The van der Waals surface area contributed by atoms with E-state index in [9.17, 15) is 19.8 Å². The molecule has 4 N–H and O–H groups in total. The van der Waals surface area contributed by atoms with Crippen LogP contribution in [0.2, 0.25) is 0 Å². The van der Waals surface area contributed by atoms with Crippen LogP contribution in [0.3, 0.4) is 0 Å². The minimum absolute atomic E-state index is 0.0206. The molecule has 1 aliphatic rings. The number of aliphatic hydroxyl groups excluding tert-OH is 3. The number of ether oxygens (including phenoxy) is 1. The Labute approximate surface area is 144 Å². The first kappa shape index (κ1) is 19.3. The van der Waals surface area contributed by atoms with Gasteiger partial charge in [0.05, 0.1) is 12.5 Å². The van der Waals surface area contributed by atoms with E-state index in [4.69, 9.17) is 14.7 Å². The van der Waals surface area contributed by atoms with Gasteiger partial charge in [0.1, 0.15) is 18.3 Å². The molecule has 10 heteroatoms. The van der Waals surface area contributed by atoms with Crippen molar-refractivity contribution in [3.8, 4) is 0 Å². The predicted octanol–water partition coefficient (Wildman–Crippen LogP) is -0.839. The lowest BCUT2D eigenvalue weighted by molar-refractivity contribution is -0.145. The zero-order chi connectivity index (χ0) is 18.6. The Morgan fingerprint density at radius 1 is 1.40 bits per heavy atom. The van der Waals surface area contributed by atoms with Gasteiger partial charge in [-0.25, -0.2) is 15.1 Å². The molecule has 1 fully saturated rings. The lowest BCUT2D eigenvalue weighted by Gasteiger charge is -2.17. The van der Waals surface area contributed by atoms with Gasteiger partial charge in [-0.05, 0) is 12.8 Å². The van der Waals surface area contributed by atoms with Gasteiger partial charge in [-0.1, -0.05) is 13.8 Å². The minimum atomic E-state index is -1.39. The third-order valence-electron chi connectivity index (χ3n) is 4.20. The normalized spacial score (nSPS) is 26.0. The summed E-state index contributed by atoms with van der Waals surface area (Å²) >= 11 is 0. The monoisotopic (exact) mass is 357 g/mol. The number of anilines is 1. The highest BCUT2D eigenvalue weighted by molar-refractivity contribution is 5.73. The molecular weight excluding hydrogens is 334 g/mol. The molecule has 0 aliphatic carbocycles. The van der Waals surface area contributed by atoms with Gasteiger partial charge in [0.15, 0.2) is 12.0 Å². The van der Waals surface area contributed by atoms with Gasteiger partial charge in [0, 0.05) is 12.3 Å². The fourth-order valence-electron chi connectivity index (χ4n) is 2.58. The van der Waals surface area contributed by atoms with Crippen molar-refractivity contribution in [2.24, 2.45) is 5.92 Å². The number of carbonyl (C=O) groups excluding carboxylic acids is 1. The molecule has 0 unspecified atom stereocenters. The summed E-state index contributed by atoms with van der Waals surface area (Å²) in [5.41, 5.74) is 1.55. The maximum Gasteiger partial charge on any atom is 0.351 e. The van der Waals surface area contributed by atoms with Gasteiger partial charge in [-0.15, -0.1) is 0 Å². The molecule has 10 nitrogen and oxygen atoms in total. The second kappa shape index (κ2) is 8.39. The lowest BCUT2D eigenvalue weighted by atomic mass is 10.0. The van der Waals surface area contributed by atoms with E-state index in [0.29, 0.717) is 12.8 Å². The molecule has 0 amide bonds. The van der Waals surface area contributed by atoms with E-state index < -0.39 is 42.8 Å². The van der Waals surface area contributed by atoms with E-state index in [-0.39, 0.29) is 11.7 Å². The van der Waals surface area contributed by atoms with Crippen LogP contribution in [0.5, 0.6) is 0 Å². The highest BCUT2D eigenvalue weighted by Crippen LogP contribution is 2.28. The van der Waals surface area contributed by atoms with Crippen molar-refractivity contribution >= 4 is 11.8 Å². The van der Waals surface area contributed by atoms with E-state index in [1.54, 1.807) is 0 Å². The highest BCUT2D eigenvalue weighted by atomic mass is 16.7. The van der Waals surface area contributed by atoms with Crippen molar-refractivity contribution in [3.63, 3.8) is 0 Å². The van der Waals surface area contributed by atoms with Gasteiger partial charge in [0.2, 0.25) is 0 Å². The molecule has 0 spiro atoms. The largest absolute Gasteiger partial charge is 0.394 e. The number of hydrogen-bond acceptors (Lipinski definition) is 9.